The van der Waals surface area contributed by atoms with Crippen molar-refractivity contribution >= 4 is 50.6 Å². The van der Waals surface area contributed by atoms with E-state index in [1.54, 1.807) is 29.4 Å². The molecule has 12 nitrogen and oxygen atoms in total. The van der Waals surface area contributed by atoms with Gasteiger partial charge in [0, 0.05) is 54.6 Å². The van der Waals surface area contributed by atoms with Gasteiger partial charge in [0.15, 0.2) is 0 Å². The number of pyridine rings is 1. The van der Waals surface area contributed by atoms with Crippen LogP contribution < -0.4 is 15.5 Å². The molecular weight excluding hydrogens is 629 g/mol. The Kier molecular flexibility index (Phi) is 8.25. The van der Waals surface area contributed by atoms with Gasteiger partial charge in [-0.15, -0.1) is 11.3 Å². The number of thiazole rings is 1. The number of nitrogens with zero attached hydrogens (tertiary/aromatic N) is 4. The number of benzene rings is 2. The highest BCUT2D eigenvalue weighted by molar-refractivity contribution is 7.91. The van der Waals surface area contributed by atoms with Crippen LogP contribution in [0, 0.1) is 0 Å². The maximum Gasteiger partial charge on any atom is 0.410 e. The molecule has 2 aromatic carbocycles. The van der Waals surface area contributed by atoms with Gasteiger partial charge in [0.25, 0.3) is 11.8 Å². The van der Waals surface area contributed by atoms with E-state index in [0.717, 1.165) is 21.3 Å². The van der Waals surface area contributed by atoms with E-state index in [2.05, 4.69) is 25.5 Å². The lowest BCUT2D eigenvalue weighted by atomic mass is 10.1. The van der Waals surface area contributed by atoms with Crippen molar-refractivity contribution in [3.05, 3.63) is 83.0 Å². The molecule has 1 fully saturated rings. The molecule has 1 saturated heterocycles. The number of anilines is 2. The predicted octanol–water partition coefficient (Wildman–Crippen LogP) is 4.59. The first kappa shape index (κ1) is 31.2. The Bertz CT molecular complexity index is 1930. The number of carbonyl (C=O) groups excluding carboxylic acids is 3. The number of rotatable bonds is 5. The van der Waals surface area contributed by atoms with E-state index in [0.29, 0.717) is 26.2 Å². The zero-order chi connectivity index (χ0) is 32.6. The molecule has 0 unspecified atom stereocenters. The van der Waals surface area contributed by atoms with Crippen LogP contribution in [0.4, 0.5) is 16.3 Å². The van der Waals surface area contributed by atoms with Crippen LogP contribution in [0.5, 0.6) is 0 Å². The number of piperazine rings is 1. The van der Waals surface area contributed by atoms with Crippen LogP contribution in [-0.2, 0) is 21.1 Å². The summed E-state index contributed by atoms with van der Waals surface area (Å²) in [6.07, 6.45) is 3.14. The lowest BCUT2D eigenvalue weighted by Crippen LogP contribution is -2.50. The lowest BCUT2D eigenvalue weighted by molar-refractivity contribution is 0.0240. The van der Waals surface area contributed by atoms with E-state index < -0.39 is 27.3 Å². The van der Waals surface area contributed by atoms with Crippen LogP contribution in [-0.4, -0.2) is 73.0 Å². The van der Waals surface area contributed by atoms with Crippen molar-refractivity contribution in [2.75, 3.05) is 36.4 Å². The molecule has 0 atom stereocenters. The van der Waals surface area contributed by atoms with Crippen LogP contribution >= 0.6 is 11.3 Å². The Morgan fingerprint density at radius 1 is 0.978 bits per heavy atom. The summed E-state index contributed by atoms with van der Waals surface area (Å²) >= 11 is 1.42. The van der Waals surface area contributed by atoms with Gasteiger partial charge in [-0.2, -0.15) is 0 Å². The van der Waals surface area contributed by atoms with Gasteiger partial charge in [0.2, 0.25) is 9.84 Å². The molecule has 0 aliphatic carbocycles. The highest BCUT2D eigenvalue weighted by Gasteiger charge is 2.31. The van der Waals surface area contributed by atoms with Crippen LogP contribution in [0.1, 0.15) is 46.4 Å². The van der Waals surface area contributed by atoms with Crippen molar-refractivity contribution in [1.29, 1.82) is 0 Å². The molecule has 0 radical (unpaired) electrons. The molecule has 2 aromatic heterocycles. The van der Waals surface area contributed by atoms with Gasteiger partial charge in [-0.1, -0.05) is 12.1 Å². The predicted molar refractivity (Wildman–Crippen MR) is 173 cm³/mol. The maximum atomic E-state index is 13.2. The number of carbonyl (C=O) groups is 3. The van der Waals surface area contributed by atoms with Crippen molar-refractivity contribution in [2.45, 2.75) is 42.7 Å². The van der Waals surface area contributed by atoms with E-state index in [1.165, 1.54) is 41.7 Å². The van der Waals surface area contributed by atoms with E-state index in [9.17, 15) is 22.8 Å². The fraction of sp³-hybridized carbons (Fsp3) is 0.281. The summed E-state index contributed by atoms with van der Waals surface area (Å²) < 4.78 is 31.9. The molecular formula is C32H32N6O6S2. The van der Waals surface area contributed by atoms with E-state index in [4.69, 9.17) is 4.74 Å². The molecule has 3 amide bonds. The van der Waals surface area contributed by atoms with Gasteiger partial charge < -0.3 is 25.2 Å². The second-order valence-corrected chi connectivity index (χ2v) is 14.8. The fourth-order valence-electron chi connectivity index (χ4n) is 5.14. The minimum atomic E-state index is -3.96. The standard InChI is InChI=1S/C32H32N6O6S2/c1-32(2,3)44-31(41)38-14-12-37(13-15-38)27-11-9-21(17-33-27)30-35-19-22(45-30)18-34-28(39)20-8-10-26-24(16-20)36-29(40)23-6-4-5-7-25(23)46(26,42)43/h4-11,16-17,19H,12-15,18H2,1-3H3,(H,34,39)(H,36,40). The average Bonchev–Trinajstić information content (AvgIpc) is 3.49. The minimum absolute atomic E-state index is 0.0497. The smallest absolute Gasteiger partial charge is 0.410 e. The summed E-state index contributed by atoms with van der Waals surface area (Å²) in [7, 11) is -3.96. The molecule has 2 N–H and O–H groups in total. The molecule has 4 aromatic rings. The number of hydrogen-bond donors (Lipinski definition) is 2. The van der Waals surface area contributed by atoms with E-state index in [-0.39, 0.29) is 39.2 Å². The van der Waals surface area contributed by atoms with Crippen LogP contribution in [0.25, 0.3) is 10.6 Å². The van der Waals surface area contributed by atoms with Crippen LogP contribution in [0.3, 0.4) is 0 Å². The maximum absolute atomic E-state index is 13.2. The van der Waals surface area contributed by atoms with Gasteiger partial charge in [-0.3, -0.25) is 9.59 Å². The second-order valence-electron chi connectivity index (χ2n) is 11.8. The van der Waals surface area contributed by atoms with Crippen molar-refractivity contribution in [2.24, 2.45) is 0 Å². The average molecular weight is 661 g/mol. The summed E-state index contributed by atoms with van der Waals surface area (Å²) in [5.74, 6) is -0.176. The SMILES string of the molecule is CC(C)(C)OC(=O)N1CCN(c2ccc(-c3ncc(CNC(=O)c4ccc5c(c4)NC(=O)c4ccccc4S5(=O)=O)s3)cn2)CC1. The Hall–Kier alpha value is -4.82. The first-order valence-corrected chi connectivity index (χ1v) is 16.9. The van der Waals surface area contributed by atoms with Crippen molar-refractivity contribution in [3.63, 3.8) is 0 Å². The number of ether oxygens (including phenoxy) is 1. The fourth-order valence-corrected chi connectivity index (χ4v) is 7.57. The first-order chi connectivity index (χ1) is 21.9. The quantitative estimate of drug-likeness (QED) is 0.313. The summed E-state index contributed by atoms with van der Waals surface area (Å²) in [6, 6.07) is 14.0. The Morgan fingerprint density at radius 3 is 2.46 bits per heavy atom. The summed E-state index contributed by atoms with van der Waals surface area (Å²) in [4.78, 5) is 51.7. The van der Waals surface area contributed by atoms with Crippen LogP contribution in [0.2, 0.25) is 0 Å². The second kappa shape index (κ2) is 12.2. The summed E-state index contributed by atoms with van der Waals surface area (Å²) in [5.41, 5.74) is 0.609. The molecule has 238 valence electrons. The van der Waals surface area contributed by atoms with Crippen LogP contribution in [0.15, 0.2) is 76.8 Å². The number of sulfone groups is 1. The lowest BCUT2D eigenvalue weighted by Gasteiger charge is -2.36. The summed E-state index contributed by atoms with van der Waals surface area (Å²) in [6.45, 7) is 8.15. The molecule has 0 saturated carbocycles. The van der Waals surface area contributed by atoms with E-state index in [1.807, 2.05) is 32.9 Å². The van der Waals surface area contributed by atoms with Crippen molar-refractivity contribution in [3.8, 4) is 10.6 Å². The normalized spacial score (nSPS) is 15.7. The third-order valence-corrected chi connectivity index (χ3v) is 10.3. The largest absolute Gasteiger partial charge is 0.444 e. The molecule has 2 aliphatic rings. The topological polar surface area (TPSA) is 151 Å². The van der Waals surface area contributed by atoms with Gasteiger partial charge in [-0.25, -0.2) is 23.2 Å². The third-order valence-electron chi connectivity index (χ3n) is 7.43. The third kappa shape index (κ3) is 6.44. The zero-order valence-corrected chi connectivity index (χ0v) is 27.1. The molecule has 46 heavy (non-hydrogen) atoms. The number of nitrogens with one attached hydrogen (secondary N) is 2. The zero-order valence-electron chi connectivity index (χ0n) is 25.4. The van der Waals surface area contributed by atoms with Gasteiger partial charge in [0.1, 0.15) is 16.4 Å². The first-order valence-electron chi connectivity index (χ1n) is 14.6. The number of amides is 3. The highest BCUT2D eigenvalue weighted by atomic mass is 32.2. The van der Waals surface area contributed by atoms with Crippen molar-refractivity contribution in [1.82, 2.24) is 20.2 Å². The minimum Gasteiger partial charge on any atom is -0.444 e. The van der Waals surface area contributed by atoms with E-state index >= 15 is 0 Å². The number of hydrogen-bond acceptors (Lipinski definition) is 10. The van der Waals surface area contributed by atoms with Crippen molar-refractivity contribution < 1.29 is 27.5 Å². The molecule has 0 bridgehead atoms. The van der Waals surface area contributed by atoms with Gasteiger partial charge in [0.05, 0.1) is 27.6 Å². The molecule has 6 rings (SSSR count). The molecule has 14 heteroatoms. The highest BCUT2D eigenvalue weighted by Crippen LogP contribution is 2.34. The monoisotopic (exact) mass is 660 g/mol. The Morgan fingerprint density at radius 2 is 1.74 bits per heavy atom. The number of aromatic nitrogens is 2. The Balaban J connectivity index is 1.06. The van der Waals surface area contributed by atoms with Gasteiger partial charge >= 0.3 is 6.09 Å². The molecule has 2 aliphatic heterocycles. The Labute approximate surface area is 270 Å². The summed E-state index contributed by atoms with van der Waals surface area (Å²) in [5, 5.41) is 6.21. The number of fused-ring (bicyclic) bond motifs is 2. The molecule has 4 heterocycles. The molecule has 0 spiro atoms. The van der Waals surface area contributed by atoms with Gasteiger partial charge in [-0.05, 0) is 63.2 Å².